The number of hydrogen-bond acceptors (Lipinski definition) is 4. The highest BCUT2D eigenvalue weighted by Crippen LogP contribution is 2.35. The molecule has 2 aromatic rings. The van der Waals surface area contributed by atoms with Crippen LogP contribution in [-0.4, -0.2) is 54.1 Å². The summed E-state index contributed by atoms with van der Waals surface area (Å²) in [4.78, 5) is 4.05. The zero-order valence-electron chi connectivity index (χ0n) is 16.3. The number of rotatable bonds is 6. The summed E-state index contributed by atoms with van der Waals surface area (Å²) in [5.41, 5.74) is 2.57. The number of nitrogens with zero attached hydrogens (tertiary/aromatic N) is 2. The minimum Gasteiger partial charge on any atom is -0.290 e. The van der Waals surface area contributed by atoms with Crippen molar-refractivity contribution in [3.63, 3.8) is 0 Å². The van der Waals surface area contributed by atoms with Crippen LogP contribution in [0.5, 0.6) is 0 Å². The van der Waals surface area contributed by atoms with E-state index in [1.807, 2.05) is 29.2 Å². The topological polar surface area (TPSA) is 18.5 Å². The summed E-state index contributed by atoms with van der Waals surface area (Å²) in [5.74, 6) is -3.19. The molecule has 2 aromatic carbocycles. The third kappa shape index (κ3) is 4.45. The minimum atomic E-state index is -2.86. The summed E-state index contributed by atoms with van der Waals surface area (Å²) in [6.45, 7) is 2.16. The number of hydrogen-bond donors (Lipinski definition) is 2. The number of halogens is 4. The molecule has 2 fully saturated rings. The molecular weight excluding hydrogens is 494 g/mol. The molecule has 0 aliphatic carbocycles. The Morgan fingerprint density at radius 1 is 1.23 bits per heavy atom. The lowest BCUT2D eigenvalue weighted by atomic mass is 9.96. The van der Waals surface area contributed by atoms with E-state index in [2.05, 4.69) is 47.6 Å². The van der Waals surface area contributed by atoms with E-state index in [-0.39, 0.29) is 12.4 Å². The molecule has 3 unspecified atom stereocenters. The summed E-state index contributed by atoms with van der Waals surface area (Å²) in [6.07, 6.45) is 1.57. The maximum atomic E-state index is 14.7. The van der Waals surface area contributed by atoms with Crippen molar-refractivity contribution in [2.24, 2.45) is 0 Å². The fourth-order valence-corrected chi connectivity index (χ4v) is 5.36. The molecule has 0 amide bonds. The van der Waals surface area contributed by atoms with Gasteiger partial charge in [-0.25, -0.2) is 13.2 Å². The zero-order chi connectivity index (χ0) is 21.5. The molecule has 0 spiro atoms. The smallest absolute Gasteiger partial charge is 0.277 e. The van der Waals surface area contributed by atoms with E-state index >= 15 is 0 Å². The van der Waals surface area contributed by atoms with Crippen molar-refractivity contribution >= 4 is 43.3 Å². The van der Waals surface area contributed by atoms with E-state index in [9.17, 15) is 13.2 Å². The van der Waals surface area contributed by atoms with Gasteiger partial charge in [-0.1, -0.05) is 37.1 Å². The maximum Gasteiger partial charge on any atom is 0.277 e. The number of thiol groups is 1. The number of nitrogens with one attached hydrogen (secondary N) is 1. The van der Waals surface area contributed by atoms with E-state index in [4.69, 9.17) is 0 Å². The van der Waals surface area contributed by atoms with E-state index in [0.717, 1.165) is 41.5 Å². The van der Waals surface area contributed by atoms with E-state index in [1.165, 1.54) is 6.07 Å². The van der Waals surface area contributed by atoms with Crippen LogP contribution in [0.4, 0.5) is 13.2 Å². The molecule has 2 aliphatic rings. The first kappa shape index (κ1) is 22.6. The molecule has 3 nitrogen and oxygen atoms in total. The Labute approximate surface area is 191 Å². The molecule has 4 rings (SSSR count). The van der Waals surface area contributed by atoms with Crippen LogP contribution in [0.3, 0.4) is 0 Å². The Bertz CT molecular complexity index is 928. The van der Waals surface area contributed by atoms with Crippen LogP contribution in [0.2, 0.25) is 0 Å². The number of alkyl halides is 2. The second kappa shape index (κ2) is 9.08. The summed E-state index contributed by atoms with van der Waals surface area (Å²) in [6, 6.07) is 9.34. The van der Waals surface area contributed by atoms with Crippen LogP contribution in [0.1, 0.15) is 12.0 Å². The molecule has 2 saturated heterocycles. The monoisotopic (exact) mass is 517 g/mol. The first-order valence-corrected chi connectivity index (χ1v) is 11.7. The van der Waals surface area contributed by atoms with Gasteiger partial charge in [0.15, 0.2) is 0 Å². The molecule has 0 bridgehead atoms. The van der Waals surface area contributed by atoms with Crippen LogP contribution in [0.25, 0.3) is 11.1 Å². The van der Waals surface area contributed by atoms with Crippen molar-refractivity contribution in [3.8, 4) is 11.1 Å². The van der Waals surface area contributed by atoms with Crippen molar-refractivity contribution in [2.45, 2.75) is 30.8 Å². The van der Waals surface area contributed by atoms with Gasteiger partial charge in [-0.2, -0.15) is 0 Å². The predicted molar refractivity (Wildman–Crippen MR) is 125 cm³/mol. The maximum absolute atomic E-state index is 14.7. The van der Waals surface area contributed by atoms with Crippen molar-refractivity contribution in [3.05, 3.63) is 52.3 Å². The fourth-order valence-electron chi connectivity index (χ4n) is 4.27. The van der Waals surface area contributed by atoms with Gasteiger partial charge < -0.3 is 0 Å². The van der Waals surface area contributed by atoms with Crippen molar-refractivity contribution in [2.75, 3.05) is 26.3 Å². The molecule has 0 saturated carbocycles. The van der Waals surface area contributed by atoms with Crippen LogP contribution in [0, 0.1) is 5.82 Å². The lowest BCUT2D eigenvalue weighted by molar-refractivity contribution is -0.0111. The predicted octanol–water partition coefficient (Wildman–Crippen LogP) is 4.08. The first-order valence-electron chi connectivity index (χ1n) is 9.87. The average Bonchev–Trinajstić information content (AvgIpc) is 2.91. The lowest BCUT2D eigenvalue weighted by Crippen LogP contribution is -2.50. The zero-order valence-corrected chi connectivity index (χ0v) is 19.9. The van der Waals surface area contributed by atoms with Gasteiger partial charge in [0, 0.05) is 19.1 Å². The quantitative estimate of drug-likeness (QED) is 0.444. The molecule has 162 valence electrons. The van der Waals surface area contributed by atoms with Crippen molar-refractivity contribution < 1.29 is 13.2 Å². The molecule has 2 aliphatic heterocycles. The van der Waals surface area contributed by atoms with Gasteiger partial charge in [-0.05, 0) is 62.9 Å². The third-order valence-corrected chi connectivity index (χ3v) is 7.65. The minimum absolute atomic E-state index is 0.282. The SMILES string of the molecule is Fc1cc(-c2cccc(CC3C(NS)C(F)(F)CN3CN3CCC3)c2P)ccc1Br. The van der Waals surface area contributed by atoms with E-state index in [0.29, 0.717) is 17.6 Å². The molecule has 9 heteroatoms. The molecular formula is C21H24BrF3N3PS. The van der Waals surface area contributed by atoms with Crippen LogP contribution in [-0.2, 0) is 6.42 Å². The van der Waals surface area contributed by atoms with Gasteiger partial charge in [0.2, 0.25) is 0 Å². The average molecular weight is 518 g/mol. The Morgan fingerprint density at radius 3 is 2.63 bits per heavy atom. The highest BCUT2D eigenvalue weighted by atomic mass is 79.9. The van der Waals surface area contributed by atoms with Crippen LogP contribution in [0.15, 0.2) is 40.9 Å². The second-order valence-corrected chi connectivity index (χ2v) is 9.70. The van der Waals surface area contributed by atoms with Crippen molar-refractivity contribution in [1.82, 2.24) is 14.5 Å². The van der Waals surface area contributed by atoms with Gasteiger partial charge in [0.05, 0.1) is 23.7 Å². The van der Waals surface area contributed by atoms with Gasteiger partial charge >= 0.3 is 0 Å². The number of likely N-dealkylation sites (tertiary alicyclic amines) is 2. The van der Waals surface area contributed by atoms with E-state index in [1.54, 1.807) is 6.07 Å². The second-order valence-electron chi connectivity index (χ2n) is 8.01. The summed E-state index contributed by atoms with van der Waals surface area (Å²) >= 11 is 7.21. The summed E-state index contributed by atoms with van der Waals surface area (Å²) in [5, 5.41) is 0.899. The Balaban J connectivity index is 1.63. The molecule has 0 radical (unpaired) electrons. The Hall–Kier alpha value is -0.630. The highest BCUT2D eigenvalue weighted by Gasteiger charge is 2.54. The van der Waals surface area contributed by atoms with Gasteiger partial charge in [0.25, 0.3) is 5.92 Å². The molecule has 1 N–H and O–H groups in total. The molecule has 0 aromatic heterocycles. The summed E-state index contributed by atoms with van der Waals surface area (Å²) < 4.78 is 46.4. The molecule has 30 heavy (non-hydrogen) atoms. The Morgan fingerprint density at radius 2 is 2.00 bits per heavy atom. The normalized spacial score (nSPS) is 24.2. The standard InChI is InChI=1S/C21H24BrF3N3PS/c22-16-6-5-13(9-17(16)23)15-4-1-3-14(19(15)29)10-18-20(26-30)21(24,25)11-28(18)12-27-7-2-8-27/h1,3-6,9,18,20,26,30H,2,7-8,10-12,29H2. The van der Waals surface area contributed by atoms with Gasteiger partial charge in [-0.15, -0.1) is 9.24 Å². The Kier molecular flexibility index (Phi) is 6.83. The van der Waals surface area contributed by atoms with Crippen LogP contribution >= 0.6 is 38.0 Å². The van der Waals surface area contributed by atoms with E-state index < -0.39 is 18.0 Å². The fraction of sp³-hybridized carbons (Fsp3) is 0.429. The molecule has 3 atom stereocenters. The number of benzene rings is 2. The first-order chi connectivity index (χ1) is 14.3. The van der Waals surface area contributed by atoms with Gasteiger partial charge in [0.1, 0.15) is 5.82 Å². The molecule has 2 heterocycles. The van der Waals surface area contributed by atoms with Gasteiger partial charge in [-0.3, -0.25) is 14.5 Å². The van der Waals surface area contributed by atoms with Crippen LogP contribution < -0.4 is 10.0 Å². The lowest BCUT2D eigenvalue weighted by Gasteiger charge is -2.37. The highest BCUT2D eigenvalue weighted by molar-refractivity contribution is 9.10. The van der Waals surface area contributed by atoms with Crippen molar-refractivity contribution in [1.29, 1.82) is 0 Å². The third-order valence-electron chi connectivity index (χ3n) is 6.05. The largest absolute Gasteiger partial charge is 0.290 e. The summed E-state index contributed by atoms with van der Waals surface area (Å²) in [7, 11) is 2.72.